The third-order valence-electron chi connectivity index (χ3n) is 3.37. The van der Waals surface area contributed by atoms with Crippen molar-refractivity contribution in [1.29, 1.82) is 0 Å². The lowest BCUT2D eigenvalue weighted by atomic mass is 10.1. The molecule has 2 aromatic rings. The van der Waals surface area contributed by atoms with Gasteiger partial charge in [-0.25, -0.2) is 8.42 Å². The van der Waals surface area contributed by atoms with Gasteiger partial charge in [0, 0.05) is 25.5 Å². The van der Waals surface area contributed by atoms with E-state index < -0.39 is 10.0 Å². The zero-order chi connectivity index (χ0) is 14.2. The first-order valence-electron chi connectivity index (χ1n) is 6.10. The molecule has 0 saturated heterocycles. The average Bonchev–Trinajstić information content (AvgIpc) is 2.92. The van der Waals surface area contributed by atoms with E-state index in [1.54, 1.807) is 0 Å². The largest absolute Gasteiger partial charge is 0.323 e. The minimum atomic E-state index is -3.62. The van der Waals surface area contributed by atoms with Gasteiger partial charge in [-0.2, -0.15) is 4.31 Å². The molecule has 0 radical (unpaired) electrons. The number of anilines is 1. The fourth-order valence-electron chi connectivity index (χ4n) is 2.32. The Bertz CT molecular complexity index is 721. The minimum Gasteiger partial charge on any atom is -0.323 e. The highest BCUT2D eigenvalue weighted by molar-refractivity contribution is 7.89. The topological polar surface area (TPSA) is 88.3 Å². The predicted octanol–water partition coefficient (Wildman–Crippen LogP) is 1.07. The average molecular weight is 290 g/mol. The van der Waals surface area contributed by atoms with E-state index in [0.29, 0.717) is 18.8 Å². The maximum atomic E-state index is 12.7. The second-order valence-electron chi connectivity index (χ2n) is 4.56. The Balaban J connectivity index is 1.99. The molecule has 0 saturated carbocycles. The highest BCUT2D eigenvalue weighted by Crippen LogP contribution is 2.30. The van der Waals surface area contributed by atoms with E-state index in [1.165, 1.54) is 22.8 Å². The van der Waals surface area contributed by atoms with E-state index in [9.17, 15) is 8.42 Å². The zero-order valence-electron chi connectivity index (χ0n) is 10.7. The van der Waals surface area contributed by atoms with E-state index in [4.69, 9.17) is 5.84 Å². The number of benzene rings is 1. The Hall–Kier alpha value is -1.96. The fourth-order valence-corrected chi connectivity index (χ4v) is 3.81. The number of nitrogen functional groups attached to an aromatic ring is 1. The van der Waals surface area contributed by atoms with Crippen molar-refractivity contribution in [2.45, 2.75) is 18.0 Å². The molecule has 6 nitrogen and oxygen atoms in total. The van der Waals surface area contributed by atoms with Gasteiger partial charge in [0.25, 0.3) is 0 Å². The van der Waals surface area contributed by atoms with Crippen LogP contribution in [-0.4, -0.2) is 17.7 Å². The first-order chi connectivity index (χ1) is 9.63. The van der Waals surface area contributed by atoms with Gasteiger partial charge in [-0.05, 0) is 17.2 Å². The predicted molar refractivity (Wildman–Crippen MR) is 74.9 cm³/mol. The van der Waals surface area contributed by atoms with Crippen LogP contribution in [0.4, 0.5) is 5.69 Å². The molecule has 0 atom stereocenters. The quantitative estimate of drug-likeness (QED) is 0.652. The molecule has 1 aliphatic heterocycles. The molecule has 0 amide bonds. The molecule has 104 valence electrons. The van der Waals surface area contributed by atoms with E-state index in [-0.39, 0.29) is 4.90 Å². The second-order valence-corrected chi connectivity index (χ2v) is 6.46. The normalized spacial score (nSPS) is 15.1. The van der Waals surface area contributed by atoms with E-state index in [0.717, 1.165) is 11.1 Å². The van der Waals surface area contributed by atoms with Gasteiger partial charge in [-0.3, -0.25) is 10.8 Å². The van der Waals surface area contributed by atoms with Gasteiger partial charge in [0.15, 0.2) is 0 Å². The second kappa shape index (κ2) is 4.86. The van der Waals surface area contributed by atoms with Gasteiger partial charge in [-0.1, -0.05) is 24.3 Å². The maximum absolute atomic E-state index is 12.7. The molecule has 0 bridgehead atoms. The summed E-state index contributed by atoms with van der Waals surface area (Å²) in [6, 6.07) is 9.24. The van der Waals surface area contributed by atoms with Crippen LogP contribution in [0.1, 0.15) is 11.1 Å². The zero-order valence-corrected chi connectivity index (χ0v) is 11.5. The minimum absolute atomic E-state index is 0.0929. The molecule has 0 aliphatic carbocycles. The summed E-state index contributed by atoms with van der Waals surface area (Å²) in [5.74, 6) is 5.37. The number of sulfonamides is 1. The Morgan fingerprint density at radius 2 is 1.80 bits per heavy atom. The molecule has 1 aromatic heterocycles. The number of hydrazine groups is 1. The fraction of sp³-hybridized carbons (Fsp3) is 0.154. The standard InChI is InChI=1S/C13H14N4O2S/c14-16-12-5-6-15-7-13(12)20(18,19)17-8-10-3-1-2-4-11(10)9-17/h1-7H,8-9,14H2,(H,15,16). The summed E-state index contributed by atoms with van der Waals surface area (Å²) in [5.41, 5.74) is 4.80. The van der Waals surface area contributed by atoms with Crippen LogP contribution in [-0.2, 0) is 23.1 Å². The number of rotatable bonds is 3. The van der Waals surface area contributed by atoms with Gasteiger partial charge in [0.2, 0.25) is 10.0 Å². The molecule has 7 heteroatoms. The van der Waals surface area contributed by atoms with Crippen LogP contribution < -0.4 is 11.3 Å². The Morgan fingerprint density at radius 1 is 1.15 bits per heavy atom. The molecular weight excluding hydrogens is 276 g/mol. The number of hydrogen-bond donors (Lipinski definition) is 2. The number of aromatic nitrogens is 1. The van der Waals surface area contributed by atoms with Gasteiger partial charge >= 0.3 is 0 Å². The Morgan fingerprint density at radius 3 is 2.40 bits per heavy atom. The Kier molecular flexibility index (Phi) is 3.17. The number of nitrogens with zero attached hydrogens (tertiary/aromatic N) is 2. The van der Waals surface area contributed by atoms with Crippen molar-refractivity contribution in [2.24, 2.45) is 5.84 Å². The number of pyridine rings is 1. The van der Waals surface area contributed by atoms with Crippen LogP contribution in [0.5, 0.6) is 0 Å². The van der Waals surface area contributed by atoms with Gasteiger partial charge in [0.05, 0.1) is 5.69 Å². The van der Waals surface area contributed by atoms with Crippen molar-refractivity contribution in [2.75, 3.05) is 5.43 Å². The molecule has 0 unspecified atom stereocenters. The highest BCUT2D eigenvalue weighted by Gasteiger charge is 2.32. The number of nitrogens with two attached hydrogens (primary N) is 1. The molecule has 3 rings (SSSR count). The van der Waals surface area contributed by atoms with Crippen LogP contribution in [0, 0.1) is 0 Å². The SMILES string of the molecule is NNc1ccncc1S(=O)(=O)N1Cc2ccccc2C1. The van der Waals surface area contributed by atoms with Crippen molar-refractivity contribution in [3.63, 3.8) is 0 Å². The van der Waals surface area contributed by atoms with E-state index in [1.807, 2.05) is 24.3 Å². The summed E-state index contributed by atoms with van der Waals surface area (Å²) in [7, 11) is -3.62. The van der Waals surface area contributed by atoms with Crippen LogP contribution in [0.15, 0.2) is 47.6 Å². The summed E-state index contributed by atoms with van der Waals surface area (Å²) in [6.07, 6.45) is 2.81. The van der Waals surface area contributed by atoms with Crippen LogP contribution in [0.2, 0.25) is 0 Å². The number of hydrogen-bond acceptors (Lipinski definition) is 5. The molecule has 0 spiro atoms. The smallest absolute Gasteiger partial charge is 0.247 e. The van der Waals surface area contributed by atoms with Crippen molar-refractivity contribution in [3.8, 4) is 0 Å². The molecule has 1 aromatic carbocycles. The summed E-state index contributed by atoms with van der Waals surface area (Å²) in [6.45, 7) is 0.745. The molecule has 1 aliphatic rings. The maximum Gasteiger partial charge on any atom is 0.247 e. The van der Waals surface area contributed by atoms with E-state index >= 15 is 0 Å². The van der Waals surface area contributed by atoms with Crippen molar-refractivity contribution < 1.29 is 8.42 Å². The van der Waals surface area contributed by atoms with Gasteiger partial charge in [0.1, 0.15) is 4.90 Å². The summed E-state index contributed by atoms with van der Waals surface area (Å²) >= 11 is 0. The lowest BCUT2D eigenvalue weighted by molar-refractivity contribution is 0.431. The van der Waals surface area contributed by atoms with Crippen LogP contribution in [0.3, 0.4) is 0 Å². The lowest BCUT2D eigenvalue weighted by Crippen LogP contribution is -2.27. The summed E-state index contributed by atoms with van der Waals surface area (Å²) < 4.78 is 26.8. The monoisotopic (exact) mass is 290 g/mol. The number of nitrogens with one attached hydrogen (secondary N) is 1. The third kappa shape index (κ3) is 2.05. The highest BCUT2D eigenvalue weighted by atomic mass is 32.2. The van der Waals surface area contributed by atoms with Crippen LogP contribution >= 0.6 is 0 Å². The number of fused-ring (bicyclic) bond motifs is 1. The van der Waals surface area contributed by atoms with Crippen molar-refractivity contribution in [1.82, 2.24) is 9.29 Å². The summed E-state index contributed by atoms with van der Waals surface area (Å²) in [5, 5.41) is 0. The molecule has 3 N–H and O–H groups in total. The van der Waals surface area contributed by atoms with Crippen molar-refractivity contribution >= 4 is 15.7 Å². The van der Waals surface area contributed by atoms with Crippen molar-refractivity contribution in [3.05, 3.63) is 53.9 Å². The first-order valence-corrected chi connectivity index (χ1v) is 7.54. The molecule has 20 heavy (non-hydrogen) atoms. The molecular formula is C13H14N4O2S. The molecule has 0 fully saturated rings. The van der Waals surface area contributed by atoms with E-state index in [2.05, 4.69) is 10.4 Å². The van der Waals surface area contributed by atoms with Gasteiger partial charge < -0.3 is 5.43 Å². The molecule has 2 heterocycles. The third-order valence-corrected chi connectivity index (χ3v) is 5.19. The lowest BCUT2D eigenvalue weighted by Gasteiger charge is -2.17. The van der Waals surface area contributed by atoms with Crippen LogP contribution in [0.25, 0.3) is 0 Å². The Labute approximate surface area is 117 Å². The van der Waals surface area contributed by atoms with Gasteiger partial charge in [-0.15, -0.1) is 0 Å². The first kappa shape index (κ1) is 13.0. The summed E-state index contributed by atoms with van der Waals surface area (Å²) in [4.78, 5) is 3.97.